The van der Waals surface area contributed by atoms with Gasteiger partial charge in [0.05, 0.1) is 0 Å². The van der Waals surface area contributed by atoms with Crippen LogP contribution >= 0.6 is 0 Å². The van der Waals surface area contributed by atoms with Gasteiger partial charge in [-0.2, -0.15) is 4.98 Å². The Hall–Kier alpha value is -2.37. The summed E-state index contributed by atoms with van der Waals surface area (Å²) in [6, 6.07) is 4.72. The number of nitrogens with zero attached hydrogens (tertiary/aromatic N) is 2. The van der Waals surface area contributed by atoms with Gasteiger partial charge in [0.1, 0.15) is 11.4 Å². The Morgan fingerprint density at radius 1 is 1.24 bits per heavy atom. The molecule has 0 saturated carbocycles. The Morgan fingerprint density at radius 2 is 1.94 bits per heavy atom. The number of anilines is 2. The first-order valence-electron chi connectivity index (χ1n) is 4.88. The van der Waals surface area contributed by atoms with Gasteiger partial charge in [-0.25, -0.2) is 9.37 Å². The van der Waals surface area contributed by atoms with Gasteiger partial charge in [0.2, 0.25) is 5.95 Å². The molecule has 17 heavy (non-hydrogen) atoms. The maximum atomic E-state index is 13.8. The fraction of sp³-hybridized carbons (Fsp3) is 0.0909. The summed E-state index contributed by atoms with van der Waals surface area (Å²) in [6.07, 6.45) is 0. The molecule has 0 amide bonds. The number of halogens is 1. The zero-order chi connectivity index (χ0) is 12.6. The number of aromatic nitrogens is 2. The van der Waals surface area contributed by atoms with E-state index in [1.807, 2.05) is 0 Å². The van der Waals surface area contributed by atoms with Crippen molar-refractivity contribution < 1.29 is 9.50 Å². The highest BCUT2D eigenvalue weighted by Crippen LogP contribution is 2.31. The first kappa shape index (κ1) is 11.1. The van der Waals surface area contributed by atoms with E-state index in [1.54, 1.807) is 19.1 Å². The number of hydrogen-bond acceptors (Lipinski definition) is 5. The number of phenols is 1. The fourth-order valence-corrected chi connectivity index (χ4v) is 1.54. The van der Waals surface area contributed by atoms with E-state index in [0.29, 0.717) is 11.1 Å². The summed E-state index contributed by atoms with van der Waals surface area (Å²) in [7, 11) is 0. The lowest BCUT2D eigenvalue weighted by Crippen LogP contribution is -2.05. The van der Waals surface area contributed by atoms with Crippen LogP contribution < -0.4 is 11.5 Å². The van der Waals surface area contributed by atoms with Crippen molar-refractivity contribution in [3.05, 3.63) is 29.6 Å². The molecule has 0 atom stereocenters. The molecular formula is C11H11FN4O. The van der Waals surface area contributed by atoms with Crippen molar-refractivity contribution in [2.45, 2.75) is 6.92 Å². The van der Waals surface area contributed by atoms with Crippen LogP contribution in [0.2, 0.25) is 0 Å². The highest BCUT2D eigenvalue weighted by atomic mass is 19.1. The number of hydrogen-bond donors (Lipinski definition) is 3. The summed E-state index contributed by atoms with van der Waals surface area (Å²) in [4.78, 5) is 7.32. The third-order valence-corrected chi connectivity index (χ3v) is 2.45. The molecule has 0 bridgehead atoms. The van der Waals surface area contributed by atoms with E-state index in [9.17, 15) is 9.50 Å². The second kappa shape index (κ2) is 3.89. The highest BCUT2D eigenvalue weighted by Gasteiger charge is 2.15. The molecule has 0 radical (unpaired) electrons. The molecule has 0 spiro atoms. The second-order valence-electron chi connectivity index (χ2n) is 3.58. The van der Waals surface area contributed by atoms with Crippen LogP contribution in [0.5, 0.6) is 5.75 Å². The van der Waals surface area contributed by atoms with Crippen molar-refractivity contribution in [2.75, 3.05) is 11.5 Å². The van der Waals surface area contributed by atoms with Crippen molar-refractivity contribution in [3.8, 4) is 17.0 Å². The molecule has 0 unspecified atom stereocenters. The molecule has 0 fully saturated rings. The molecule has 0 aliphatic rings. The lowest BCUT2D eigenvalue weighted by Gasteiger charge is -2.09. The number of phenolic OH excluding ortho intramolecular Hbond substituents is 1. The molecule has 2 rings (SSSR count). The molecule has 1 aromatic heterocycles. The van der Waals surface area contributed by atoms with Crippen LogP contribution in [-0.4, -0.2) is 15.1 Å². The Labute approximate surface area is 96.9 Å². The molecule has 0 aliphatic carbocycles. The van der Waals surface area contributed by atoms with Crippen LogP contribution in [-0.2, 0) is 0 Å². The predicted molar refractivity (Wildman–Crippen MR) is 62.7 cm³/mol. The minimum Gasteiger partial charge on any atom is -0.508 e. The van der Waals surface area contributed by atoms with Gasteiger partial charge in [0.15, 0.2) is 11.6 Å². The maximum absolute atomic E-state index is 13.8. The summed E-state index contributed by atoms with van der Waals surface area (Å²) in [5.41, 5.74) is 11.7. The SMILES string of the molecule is Cc1c(O)cccc1-c1nc(N)nc(N)c1F. The zero-order valence-electron chi connectivity index (χ0n) is 9.11. The minimum atomic E-state index is -0.743. The van der Waals surface area contributed by atoms with Crippen LogP contribution in [0, 0.1) is 12.7 Å². The molecule has 88 valence electrons. The van der Waals surface area contributed by atoms with E-state index < -0.39 is 5.82 Å². The van der Waals surface area contributed by atoms with E-state index in [2.05, 4.69) is 9.97 Å². The monoisotopic (exact) mass is 234 g/mol. The van der Waals surface area contributed by atoms with Crippen LogP contribution in [0.4, 0.5) is 16.2 Å². The van der Waals surface area contributed by atoms with Crippen molar-refractivity contribution in [1.29, 1.82) is 0 Å². The van der Waals surface area contributed by atoms with E-state index in [0.717, 1.165) is 0 Å². The van der Waals surface area contributed by atoms with Gasteiger partial charge >= 0.3 is 0 Å². The molecule has 6 heteroatoms. The summed E-state index contributed by atoms with van der Waals surface area (Å²) in [5.74, 6) is -1.11. The first-order valence-corrected chi connectivity index (χ1v) is 4.88. The topological polar surface area (TPSA) is 98.0 Å². The first-order chi connectivity index (χ1) is 8.00. The average Bonchev–Trinajstić information content (AvgIpc) is 2.27. The minimum absolute atomic E-state index is 0.0107. The largest absolute Gasteiger partial charge is 0.508 e. The average molecular weight is 234 g/mol. The second-order valence-corrected chi connectivity index (χ2v) is 3.58. The van der Waals surface area contributed by atoms with Gasteiger partial charge in [-0.15, -0.1) is 0 Å². The normalized spacial score (nSPS) is 10.5. The molecule has 1 heterocycles. The third-order valence-electron chi connectivity index (χ3n) is 2.45. The van der Waals surface area contributed by atoms with Crippen molar-refractivity contribution >= 4 is 11.8 Å². The predicted octanol–water partition coefficient (Wildman–Crippen LogP) is 1.46. The van der Waals surface area contributed by atoms with Gasteiger partial charge < -0.3 is 16.6 Å². The lowest BCUT2D eigenvalue weighted by atomic mass is 10.0. The number of benzene rings is 1. The van der Waals surface area contributed by atoms with Crippen LogP contribution in [0.1, 0.15) is 5.56 Å². The van der Waals surface area contributed by atoms with Gasteiger partial charge in [0, 0.05) is 11.1 Å². The molecule has 5 nitrogen and oxygen atoms in total. The quantitative estimate of drug-likeness (QED) is 0.693. The third kappa shape index (κ3) is 1.84. The number of nitrogen functional groups attached to an aromatic ring is 2. The van der Waals surface area contributed by atoms with Gasteiger partial charge in [-0.1, -0.05) is 12.1 Å². The Bertz CT molecular complexity index is 586. The van der Waals surface area contributed by atoms with Gasteiger partial charge in [0.25, 0.3) is 0 Å². The number of rotatable bonds is 1. The molecule has 0 aliphatic heterocycles. The summed E-state index contributed by atoms with van der Waals surface area (Å²) in [5, 5.41) is 9.56. The molecule has 5 N–H and O–H groups in total. The molecule has 0 saturated heterocycles. The van der Waals surface area contributed by atoms with E-state index in [-0.39, 0.29) is 23.2 Å². The van der Waals surface area contributed by atoms with Crippen molar-refractivity contribution in [2.24, 2.45) is 0 Å². The van der Waals surface area contributed by atoms with E-state index in [4.69, 9.17) is 11.5 Å². The maximum Gasteiger partial charge on any atom is 0.222 e. The fourth-order valence-electron chi connectivity index (χ4n) is 1.54. The van der Waals surface area contributed by atoms with Gasteiger partial charge in [-0.05, 0) is 13.0 Å². The molecule has 1 aromatic carbocycles. The summed E-state index contributed by atoms with van der Waals surface area (Å²) < 4.78 is 13.8. The van der Waals surface area contributed by atoms with Crippen molar-refractivity contribution in [1.82, 2.24) is 9.97 Å². The standard InChI is InChI=1S/C11H11FN4O/c1-5-6(3-2-4-7(5)17)9-8(12)10(13)16-11(14)15-9/h2-4,17H,1H3,(H4,13,14,15,16). The smallest absolute Gasteiger partial charge is 0.222 e. The molecular weight excluding hydrogens is 223 g/mol. The number of aromatic hydroxyl groups is 1. The van der Waals surface area contributed by atoms with Crippen LogP contribution in [0.15, 0.2) is 18.2 Å². The highest BCUT2D eigenvalue weighted by molar-refractivity contribution is 5.69. The Kier molecular flexibility index (Phi) is 2.55. The van der Waals surface area contributed by atoms with E-state index >= 15 is 0 Å². The van der Waals surface area contributed by atoms with Crippen molar-refractivity contribution in [3.63, 3.8) is 0 Å². The van der Waals surface area contributed by atoms with E-state index in [1.165, 1.54) is 6.07 Å². The Morgan fingerprint density at radius 3 is 2.65 bits per heavy atom. The number of nitrogens with two attached hydrogens (primary N) is 2. The molecule has 2 aromatic rings. The zero-order valence-corrected chi connectivity index (χ0v) is 9.11. The summed E-state index contributed by atoms with van der Waals surface area (Å²) in [6.45, 7) is 1.65. The van der Waals surface area contributed by atoms with Crippen LogP contribution in [0.25, 0.3) is 11.3 Å². The summed E-state index contributed by atoms with van der Waals surface area (Å²) >= 11 is 0. The lowest BCUT2D eigenvalue weighted by molar-refractivity contribution is 0.471. The Balaban J connectivity index is 2.73. The van der Waals surface area contributed by atoms with Gasteiger partial charge in [-0.3, -0.25) is 0 Å². The van der Waals surface area contributed by atoms with Crippen LogP contribution in [0.3, 0.4) is 0 Å².